The van der Waals surface area contributed by atoms with Crippen molar-refractivity contribution < 1.29 is 19.1 Å². The Morgan fingerprint density at radius 2 is 1.69 bits per heavy atom. The SMILES string of the molecule is CC(=O)OCCCOC(=O)Cc1cscc1Nc1c(C)cc(C)cc1C. The van der Waals surface area contributed by atoms with Crippen LogP contribution in [-0.4, -0.2) is 25.2 Å². The summed E-state index contributed by atoms with van der Waals surface area (Å²) in [6.45, 7) is 8.10. The molecule has 0 saturated carbocycles. The fourth-order valence-electron chi connectivity index (χ4n) is 2.75. The predicted octanol–water partition coefficient (Wildman–Crippen LogP) is 4.46. The normalized spacial score (nSPS) is 10.5. The zero-order valence-corrected chi connectivity index (χ0v) is 16.5. The average molecular weight is 375 g/mol. The average Bonchev–Trinajstić information content (AvgIpc) is 2.97. The molecule has 0 unspecified atom stereocenters. The molecule has 0 aliphatic rings. The Morgan fingerprint density at radius 1 is 1.04 bits per heavy atom. The van der Waals surface area contributed by atoms with Gasteiger partial charge in [0.15, 0.2) is 0 Å². The highest BCUT2D eigenvalue weighted by atomic mass is 32.1. The third-order valence-electron chi connectivity index (χ3n) is 3.87. The van der Waals surface area contributed by atoms with Crippen molar-refractivity contribution in [2.24, 2.45) is 0 Å². The van der Waals surface area contributed by atoms with Crippen molar-refractivity contribution in [1.82, 2.24) is 0 Å². The highest BCUT2D eigenvalue weighted by Gasteiger charge is 2.12. The van der Waals surface area contributed by atoms with Gasteiger partial charge in [0.2, 0.25) is 0 Å². The Kier molecular flexibility index (Phi) is 7.21. The minimum Gasteiger partial charge on any atom is -0.466 e. The molecule has 2 aromatic rings. The lowest BCUT2D eigenvalue weighted by molar-refractivity contribution is -0.144. The Labute approximate surface area is 158 Å². The monoisotopic (exact) mass is 375 g/mol. The van der Waals surface area contributed by atoms with Gasteiger partial charge in [-0.05, 0) is 42.8 Å². The van der Waals surface area contributed by atoms with Crippen LogP contribution in [0.1, 0.15) is 35.6 Å². The highest BCUT2D eigenvalue weighted by Crippen LogP contribution is 2.30. The van der Waals surface area contributed by atoms with Gasteiger partial charge in [-0.25, -0.2) is 0 Å². The van der Waals surface area contributed by atoms with E-state index in [0.717, 1.165) is 16.9 Å². The molecule has 0 saturated heterocycles. The number of ether oxygens (including phenoxy) is 2. The first-order valence-corrected chi connectivity index (χ1v) is 9.50. The number of hydrogen-bond acceptors (Lipinski definition) is 6. The lowest BCUT2D eigenvalue weighted by atomic mass is 10.0. The van der Waals surface area contributed by atoms with E-state index in [0.29, 0.717) is 6.42 Å². The van der Waals surface area contributed by atoms with Gasteiger partial charge in [0.05, 0.1) is 25.3 Å². The first-order chi connectivity index (χ1) is 12.4. The molecule has 0 amide bonds. The van der Waals surface area contributed by atoms with E-state index < -0.39 is 0 Å². The zero-order valence-electron chi connectivity index (χ0n) is 15.7. The van der Waals surface area contributed by atoms with Crippen LogP contribution in [0, 0.1) is 20.8 Å². The zero-order chi connectivity index (χ0) is 19.1. The van der Waals surface area contributed by atoms with E-state index in [1.165, 1.54) is 23.6 Å². The Balaban J connectivity index is 1.92. The first kappa shape index (κ1) is 20.0. The molecule has 140 valence electrons. The minimum absolute atomic E-state index is 0.212. The van der Waals surface area contributed by atoms with E-state index in [2.05, 4.69) is 38.2 Å². The number of anilines is 2. The molecule has 0 radical (unpaired) electrons. The summed E-state index contributed by atoms with van der Waals surface area (Å²) >= 11 is 1.55. The number of rotatable bonds is 8. The van der Waals surface area contributed by atoms with E-state index >= 15 is 0 Å². The molecule has 2 rings (SSSR count). The molecule has 1 aromatic carbocycles. The Hall–Kier alpha value is -2.34. The van der Waals surface area contributed by atoms with Crippen molar-refractivity contribution in [2.75, 3.05) is 18.5 Å². The minimum atomic E-state index is -0.327. The Morgan fingerprint density at radius 3 is 2.35 bits per heavy atom. The molecule has 0 atom stereocenters. The van der Waals surface area contributed by atoms with Crippen LogP contribution in [0.2, 0.25) is 0 Å². The van der Waals surface area contributed by atoms with Gasteiger partial charge in [-0.15, -0.1) is 11.3 Å². The summed E-state index contributed by atoms with van der Waals surface area (Å²) in [6.07, 6.45) is 0.713. The molecule has 6 heteroatoms. The lowest BCUT2D eigenvalue weighted by Gasteiger charge is -2.14. The number of carbonyl (C=O) groups is 2. The van der Waals surface area contributed by atoms with Crippen LogP contribution >= 0.6 is 11.3 Å². The second-order valence-electron chi connectivity index (χ2n) is 6.30. The van der Waals surface area contributed by atoms with Gasteiger partial charge >= 0.3 is 11.9 Å². The molecular formula is C20H25NO4S. The molecule has 0 bridgehead atoms. The maximum atomic E-state index is 12.0. The van der Waals surface area contributed by atoms with Crippen LogP contribution in [-0.2, 0) is 25.5 Å². The maximum Gasteiger partial charge on any atom is 0.310 e. The molecule has 0 spiro atoms. The summed E-state index contributed by atoms with van der Waals surface area (Å²) < 4.78 is 10.0. The van der Waals surface area contributed by atoms with Gasteiger partial charge in [0.1, 0.15) is 0 Å². The summed E-state index contributed by atoms with van der Waals surface area (Å²) in [4.78, 5) is 22.7. The van der Waals surface area contributed by atoms with Crippen molar-refractivity contribution in [2.45, 2.75) is 40.5 Å². The fraction of sp³-hybridized carbons (Fsp3) is 0.400. The molecule has 1 heterocycles. The standard InChI is InChI=1S/C20H25NO4S/c1-13-8-14(2)20(15(3)9-13)21-18-12-26-11-17(18)10-19(23)25-7-5-6-24-16(4)22/h8-9,11-12,21H,5-7,10H2,1-4H3. The number of hydrogen-bond donors (Lipinski definition) is 1. The topological polar surface area (TPSA) is 64.6 Å². The van der Waals surface area contributed by atoms with Gasteiger partial charge in [0, 0.05) is 24.4 Å². The van der Waals surface area contributed by atoms with Gasteiger partial charge in [-0.2, -0.15) is 0 Å². The lowest BCUT2D eigenvalue weighted by Crippen LogP contribution is -2.11. The molecule has 5 nitrogen and oxygen atoms in total. The molecular weight excluding hydrogens is 350 g/mol. The number of nitrogens with one attached hydrogen (secondary N) is 1. The second-order valence-corrected chi connectivity index (χ2v) is 7.04. The van der Waals surface area contributed by atoms with Gasteiger partial charge < -0.3 is 14.8 Å². The van der Waals surface area contributed by atoms with Crippen LogP contribution in [0.3, 0.4) is 0 Å². The molecule has 26 heavy (non-hydrogen) atoms. The first-order valence-electron chi connectivity index (χ1n) is 8.55. The summed E-state index contributed by atoms with van der Waals surface area (Å²) in [5, 5.41) is 7.42. The number of esters is 2. The third kappa shape index (κ3) is 5.88. The number of thiophene rings is 1. The van der Waals surface area contributed by atoms with E-state index in [4.69, 9.17) is 9.47 Å². The van der Waals surface area contributed by atoms with Crippen molar-refractivity contribution in [1.29, 1.82) is 0 Å². The van der Waals surface area contributed by atoms with E-state index in [-0.39, 0.29) is 31.6 Å². The third-order valence-corrected chi connectivity index (χ3v) is 4.66. The van der Waals surface area contributed by atoms with Crippen LogP contribution in [0.5, 0.6) is 0 Å². The van der Waals surface area contributed by atoms with Gasteiger partial charge in [-0.1, -0.05) is 17.7 Å². The van der Waals surface area contributed by atoms with E-state index in [1.807, 2.05) is 10.8 Å². The van der Waals surface area contributed by atoms with Crippen LogP contribution < -0.4 is 5.32 Å². The van der Waals surface area contributed by atoms with Crippen molar-refractivity contribution >= 4 is 34.7 Å². The number of aryl methyl sites for hydroxylation is 3. The smallest absolute Gasteiger partial charge is 0.310 e. The fourth-order valence-corrected chi connectivity index (χ4v) is 3.54. The van der Waals surface area contributed by atoms with Gasteiger partial charge in [0.25, 0.3) is 0 Å². The number of carbonyl (C=O) groups excluding carboxylic acids is 2. The van der Waals surface area contributed by atoms with Crippen molar-refractivity contribution in [3.63, 3.8) is 0 Å². The molecule has 0 fully saturated rings. The highest BCUT2D eigenvalue weighted by molar-refractivity contribution is 7.08. The Bertz CT molecular complexity index is 759. The molecule has 0 aliphatic heterocycles. The van der Waals surface area contributed by atoms with Crippen LogP contribution in [0.15, 0.2) is 22.9 Å². The van der Waals surface area contributed by atoms with E-state index in [9.17, 15) is 9.59 Å². The summed E-state index contributed by atoms with van der Waals surface area (Å²) in [6, 6.07) is 4.28. The van der Waals surface area contributed by atoms with E-state index in [1.54, 1.807) is 11.3 Å². The molecule has 0 aliphatic carbocycles. The molecule has 1 N–H and O–H groups in total. The summed E-state index contributed by atoms with van der Waals surface area (Å²) in [5.74, 6) is -0.612. The maximum absolute atomic E-state index is 12.0. The van der Waals surface area contributed by atoms with Crippen molar-refractivity contribution in [3.8, 4) is 0 Å². The molecule has 1 aromatic heterocycles. The van der Waals surface area contributed by atoms with Crippen molar-refractivity contribution in [3.05, 3.63) is 45.1 Å². The summed E-state index contributed by atoms with van der Waals surface area (Å²) in [7, 11) is 0. The second kappa shape index (κ2) is 9.38. The largest absolute Gasteiger partial charge is 0.466 e. The quantitative estimate of drug-likeness (QED) is 0.545. The summed E-state index contributed by atoms with van der Waals surface area (Å²) in [5.41, 5.74) is 6.50. The number of benzene rings is 1. The predicted molar refractivity (Wildman–Crippen MR) is 104 cm³/mol. The van der Waals surface area contributed by atoms with Crippen LogP contribution in [0.25, 0.3) is 0 Å². The van der Waals surface area contributed by atoms with Gasteiger partial charge in [-0.3, -0.25) is 9.59 Å². The van der Waals surface area contributed by atoms with Crippen LogP contribution in [0.4, 0.5) is 11.4 Å².